The van der Waals surface area contributed by atoms with Gasteiger partial charge in [0.25, 0.3) is 0 Å². The average Bonchev–Trinajstić information content (AvgIpc) is 3.32. The summed E-state index contributed by atoms with van der Waals surface area (Å²) in [4.78, 5) is 12.4. The highest BCUT2D eigenvalue weighted by Gasteiger charge is 2.30. The molecule has 128 valence electrons. The molecule has 1 amide bonds. The topological polar surface area (TPSA) is 59.8 Å². The van der Waals surface area contributed by atoms with E-state index in [0.29, 0.717) is 21.7 Å². The van der Waals surface area contributed by atoms with E-state index >= 15 is 0 Å². The molecule has 0 aliphatic heterocycles. The van der Waals surface area contributed by atoms with Crippen LogP contribution >= 0.6 is 35.0 Å². The van der Waals surface area contributed by atoms with Crippen LogP contribution in [0.1, 0.15) is 38.4 Å². The van der Waals surface area contributed by atoms with Crippen molar-refractivity contribution >= 4 is 46.6 Å². The molecule has 24 heavy (non-hydrogen) atoms. The van der Waals surface area contributed by atoms with Crippen molar-refractivity contribution in [1.29, 1.82) is 0 Å². The minimum absolute atomic E-state index is 0.150. The summed E-state index contributed by atoms with van der Waals surface area (Å²) in [6.07, 6.45) is 2.35. The summed E-state index contributed by atoms with van der Waals surface area (Å²) in [5.41, 5.74) is 0.511. The number of benzene rings is 1. The number of carbonyl (C=O) groups is 1. The highest BCUT2D eigenvalue weighted by molar-refractivity contribution is 8.00. The van der Waals surface area contributed by atoms with Crippen LogP contribution in [0, 0.1) is 0 Å². The summed E-state index contributed by atoms with van der Waals surface area (Å²) in [5.74, 6) is 1.41. The lowest BCUT2D eigenvalue weighted by molar-refractivity contribution is -0.115. The summed E-state index contributed by atoms with van der Waals surface area (Å²) in [6.45, 7) is 4.70. The maximum atomic E-state index is 12.4. The molecule has 2 aromatic rings. The Morgan fingerprint density at radius 1 is 1.42 bits per heavy atom. The van der Waals surface area contributed by atoms with Crippen LogP contribution in [0.5, 0.6) is 0 Å². The summed E-state index contributed by atoms with van der Waals surface area (Å²) < 4.78 is 2.10. The first-order valence-corrected chi connectivity index (χ1v) is 9.48. The minimum atomic E-state index is -0.332. The van der Waals surface area contributed by atoms with Gasteiger partial charge in [-0.05, 0) is 44.9 Å². The van der Waals surface area contributed by atoms with Crippen LogP contribution in [0.4, 0.5) is 5.69 Å². The summed E-state index contributed by atoms with van der Waals surface area (Å²) >= 11 is 13.4. The minimum Gasteiger partial charge on any atom is -0.324 e. The number of rotatable bonds is 6. The average molecular weight is 385 g/mol. The Kier molecular flexibility index (Phi) is 5.37. The number of hydrogen-bond donors (Lipinski definition) is 1. The monoisotopic (exact) mass is 384 g/mol. The molecule has 0 saturated heterocycles. The molecule has 1 saturated carbocycles. The Morgan fingerprint density at radius 2 is 2.17 bits per heavy atom. The second kappa shape index (κ2) is 7.33. The van der Waals surface area contributed by atoms with Crippen molar-refractivity contribution in [2.75, 3.05) is 5.32 Å². The number of amides is 1. The first-order valence-electron chi connectivity index (χ1n) is 7.85. The molecular weight excluding hydrogens is 367 g/mol. The normalized spacial score (nSPS) is 15.3. The lowest BCUT2D eigenvalue weighted by Gasteiger charge is -2.13. The molecular formula is C16H18Cl2N4OS. The van der Waals surface area contributed by atoms with Gasteiger partial charge in [0, 0.05) is 17.5 Å². The van der Waals surface area contributed by atoms with Crippen molar-refractivity contribution in [3.8, 4) is 0 Å². The zero-order valence-electron chi connectivity index (χ0n) is 13.4. The molecule has 1 aliphatic carbocycles. The maximum absolute atomic E-state index is 12.4. The van der Waals surface area contributed by atoms with E-state index in [1.54, 1.807) is 18.2 Å². The second-order valence-electron chi connectivity index (χ2n) is 5.73. The fourth-order valence-electron chi connectivity index (χ4n) is 2.37. The van der Waals surface area contributed by atoms with Gasteiger partial charge in [-0.2, -0.15) is 0 Å². The van der Waals surface area contributed by atoms with E-state index in [2.05, 4.69) is 27.0 Å². The Labute approximate surface area is 155 Å². The molecule has 1 heterocycles. The van der Waals surface area contributed by atoms with Gasteiger partial charge in [-0.25, -0.2) is 0 Å². The SMILES string of the molecule is CCn1c(SC(C)C(=O)Nc2cc(Cl)ccc2Cl)nnc1C1CC1. The molecule has 1 atom stereocenters. The predicted molar refractivity (Wildman–Crippen MR) is 98.1 cm³/mol. The van der Waals surface area contributed by atoms with Crippen molar-refractivity contribution in [1.82, 2.24) is 14.8 Å². The van der Waals surface area contributed by atoms with E-state index in [4.69, 9.17) is 23.2 Å². The summed E-state index contributed by atoms with van der Waals surface area (Å²) in [5, 5.41) is 12.8. The number of anilines is 1. The zero-order chi connectivity index (χ0) is 17.3. The van der Waals surface area contributed by atoms with E-state index < -0.39 is 0 Å². The van der Waals surface area contributed by atoms with Crippen LogP contribution in [0.2, 0.25) is 10.0 Å². The molecule has 1 N–H and O–H groups in total. The number of halogens is 2. The number of carbonyl (C=O) groups excluding carboxylic acids is 1. The zero-order valence-corrected chi connectivity index (χ0v) is 15.8. The van der Waals surface area contributed by atoms with Crippen molar-refractivity contribution < 1.29 is 4.79 Å². The first kappa shape index (κ1) is 17.6. The van der Waals surface area contributed by atoms with Gasteiger partial charge < -0.3 is 9.88 Å². The van der Waals surface area contributed by atoms with Crippen molar-refractivity contribution in [2.45, 2.75) is 49.6 Å². The number of aromatic nitrogens is 3. The highest BCUT2D eigenvalue weighted by atomic mass is 35.5. The summed E-state index contributed by atoms with van der Waals surface area (Å²) in [7, 11) is 0. The third kappa shape index (κ3) is 3.87. The van der Waals surface area contributed by atoms with E-state index in [1.807, 2.05) is 6.92 Å². The van der Waals surface area contributed by atoms with E-state index in [0.717, 1.165) is 17.5 Å². The van der Waals surface area contributed by atoms with E-state index in [9.17, 15) is 4.79 Å². The van der Waals surface area contributed by atoms with Gasteiger partial charge in [0.2, 0.25) is 5.91 Å². The van der Waals surface area contributed by atoms with Gasteiger partial charge in [-0.3, -0.25) is 4.79 Å². The number of nitrogens with zero attached hydrogens (tertiary/aromatic N) is 3. The smallest absolute Gasteiger partial charge is 0.237 e. The van der Waals surface area contributed by atoms with Gasteiger partial charge in [0.15, 0.2) is 5.16 Å². The van der Waals surface area contributed by atoms with Crippen LogP contribution in [0.25, 0.3) is 0 Å². The Hall–Kier alpha value is -1.24. The molecule has 0 spiro atoms. The molecule has 3 rings (SSSR count). The second-order valence-corrected chi connectivity index (χ2v) is 7.88. The number of nitrogens with one attached hydrogen (secondary N) is 1. The summed E-state index contributed by atoms with van der Waals surface area (Å²) in [6, 6.07) is 4.98. The van der Waals surface area contributed by atoms with Gasteiger partial charge in [-0.15, -0.1) is 10.2 Å². The molecule has 1 unspecified atom stereocenters. The van der Waals surface area contributed by atoms with Crippen LogP contribution in [-0.2, 0) is 11.3 Å². The van der Waals surface area contributed by atoms with Gasteiger partial charge in [0.1, 0.15) is 5.82 Å². The molecule has 5 nitrogen and oxygen atoms in total. The van der Waals surface area contributed by atoms with E-state index in [1.165, 1.54) is 24.6 Å². The quantitative estimate of drug-likeness (QED) is 0.739. The van der Waals surface area contributed by atoms with Gasteiger partial charge in [-0.1, -0.05) is 35.0 Å². The number of hydrogen-bond acceptors (Lipinski definition) is 4. The molecule has 1 aromatic heterocycles. The van der Waals surface area contributed by atoms with Gasteiger partial charge in [0.05, 0.1) is 16.0 Å². The van der Waals surface area contributed by atoms with Crippen LogP contribution < -0.4 is 5.32 Å². The molecule has 0 radical (unpaired) electrons. The lowest BCUT2D eigenvalue weighted by Crippen LogP contribution is -2.23. The fraction of sp³-hybridized carbons (Fsp3) is 0.438. The number of thioether (sulfide) groups is 1. The van der Waals surface area contributed by atoms with Crippen LogP contribution in [0.15, 0.2) is 23.4 Å². The molecule has 8 heteroatoms. The standard InChI is InChI=1S/C16H18Cl2N4OS/c1-3-22-14(10-4-5-10)20-21-16(22)24-9(2)15(23)19-13-8-11(17)6-7-12(13)18/h6-10H,3-5H2,1-2H3,(H,19,23). The highest BCUT2D eigenvalue weighted by Crippen LogP contribution is 2.40. The molecule has 1 aromatic carbocycles. The maximum Gasteiger partial charge on any atom is 0.237 e. The van der Waals surface area contributed by atoms with Crippen molar-refractivity contribution in [2.24, 2.45) is 0 Å². The first-order chi connectivity index (χ1) is 11.5. The molecule has 1 aliphatic rings. The van der Waals surface area contributed by atoms with Crippen LogP contribution in [-0.4, -0.2) is 25.9 Å². The lowest BCUT2D eigenvalue weighted by atomic mass is 10.3. The largest absolute Gasteiger partial charge is 0.324 e. The molecule has 1 fully saturated rings. The Morgan fingerprint density at radius 3 is 2.83 bits per heavy atom. The third-order valence-electron chi connectivity index (χ3n) is 3.84. The fourth-order valence-corrected chi connectivity index (χ4v) is 3.62. The van der Waals surface area contributed by atoms with Crippen LogP contribution in [0.3, 0.4) is 0 Å². The molecule has 0 bridgehead atoms. The third-order valence-corrected chi connectivity index (χ3v) is 5.49. The van der Waals surface area contributed by atoms with Crippen molar-refractivity contribution in [3.05, 3.63) is 34.1 Å². The van der Waals surface area contributed by atoms with Crippen molar-refractivity contribution in [3.63, 3.8) is 0 Å². The van der Waals surface area contributed by atoms with Gasteiger partial charge >= 0.3 is 0 Å². The Bertz CT molecular complexity index is 761. The Balaban J connectivity index is 1.69. The van der Waals surface area contributed by atoms with E-state index in [-0.39, 0.29) is 11.2 Å². The predicted octanol–water partition coefficient (Wildman–Crippen LogP) is 4.60.